The van der Waals surface area contributed by atoms with E-state index in [0.29, 0.717) is 0 Å². The summed E-state index contributed by atoms with van der Waals surface area (Å²) in [7, 11) is 2.14. The second-order valence-corrected chi connectivity index (χ2v) is 7.05. The molecule has 23 heavy (non-hydrogen) atoms. The molecule has 2 heteroatoms. The summed E-state index contributed by atoms with van der Waals surface area (Å²) in [5, 5.41) is 1.30. The summed E-state index contributed by atoms with van der Waals surface area (Å²) < 4.78 is 8.62. The Morgan fingerprint density at radius 1 is 0.913 bits per heavy atom. The predicted molar refractivity (Wildman–Crippen MR) is 93.3 cm³/mol. The number of fused-ring (bicyclic) bond motifs is 7. The summed E-state index contributed by atoms with van der Waals surface area (Å²) in [5.74, 6) is 0. The molecule has 0 saturated heterocycles. The van der Waals surface area contributed by atoms with Gasteiger partial charge in [0.1, 0.15) is 11.2 Å². The third-order valence-electron chi connectivity index (χ3n) is 5.40. The highest BCUT2D eigenvalue weighted by Gasteiger charge is 2.51. The van der Waals surface area contributed by atoms with E-state index < -0.39 is 0 Å². The van der Waals surface area contributed by atoms with Crippen molar-refractivity contribution in [3.8, 4) is 11.1 Å². The minimum atomic E-state index is -0.316. The zero-order valence-corrected chi connectivity index (χ0v) is 13.6. The normalized spacial score (nSPS) is 27.8. The van der Waals surface area contributed by atoms with Crippen molar-refractivity contribution in [1.82, 2.24) is 4.57 Å². The van der Waals surface area contributed by atoms with Crippen molar-refractivity contribution in [3.63, 3.8) is 0 Å². The standard InChI is InChI=1S/C21H19NO/c1-20-11-12-21(2,23-20)18-17(20)10-9-15-16(13-22(3)19(15)18)14-7-5-4-6-8-14/h4-13H,1-3H3. The van der Waals surface area contributed by atoms with E-state index in [0.717, 1.165) is 0 Å². The largest absolute Gasteiger partial charge is 0.351 e. The van der Waals surface area contributed by atoms with Crippen molar-refractivity contribution >= 4 is 10.9 Å². The van der Waals surface area contributed by atoms with E-state index in [1.807, 2.05) is 0 Å². The second kappa shape index (κ2) is 3.95. The number of hydrogen-bond donors (Lipinski definition) is 0. The van der Waals surface area contributed by atoms with Crippen molar-refractivity contribution in [1.29, 1.82) is 0 Å². The summed E-state index contributed by atoms with van der Waals surface area (Å²) in [6, 6.07) is 15.1. The van der Waals surface area contributed by atoms with E-state index in [-0.39, 0.29) is 11.2 Å². The Morgan fingerprint density at radius 3 is 2.43 bits per heavy atom. The molecule has 2 atom stereocenters. The van der Waals surface area contributed by atoms with Gasteiger partial charge in [0.15, 0.2) is 0 Å². The van der Waals surface area contributed by atoms with Gasteiger partial charge in [-0.3, -0.25) is 0 Å². The highest BCUT2D eigenvalue weighted by Crippen LogP contribution is 2.56. The number of aryl methyl sites for hydroxylation is 1. The van der Waals surface area contributed by atoms with Crippen molar-refractivity contribution < 1.29 is 4.74 Å². The molecule has 2 aliphatic rings. The van der Waals surface area contributed by atoms with Crippen molar-refractivity contribution in [2.45, 2.75) is 25.0 Å². The monoisotopic (exact) mass is 301 g/mol. The lowest BCUT2D eigenvalue weighted by atomic mass is 9.82. The van der Waals surface area contributed by atoms with Gasteiger partial charge in [-0.25, -0.2) is 0 Å². The van der Waals surface area contributed by atoms with E-state index in [2.05, 4.69) is 86.3 Å². The van der Waals surface area contributed by atoms with Gasteiger partial charge < -0.3 is 9.30 Å². The number of rotatable bonds is 1. The molecule has 0 amide bonds. The van der Waals surface area contributed by atoms with Crippen LogP contribution in [0.5, 0.6) is 0 Å². The lowest BCUT2D eigenvalue weighted by molar-refractivity contribution is -0.0491. The van der Waals surface area contributed by atoms with Crippen LogP contribution >= 0.6 is 0 Å². The highest BCUT2D eigenvalue weighted by molar-refractivity contribution is 5.99. The van der Waals surface area contributed by atoms with Crippen molar-refractivity contribution in [2.75, 3.05) is 0 Å². The van der Waals surface area contributed by atoms with E-state index in [1.54, 1.807) is 0 Å². The number of aromatic nitrogens is 1. The van der Waals surface area contributed by atoms with Gasteiger partial charge in [0.25, 0.3) is 0 Å². The SMILES string of the molecule is Cn1cc(-c2ccccc2)c2ccc3c(c21)C1(C)C=CC3(C)O1. The van der Waals surface area contributed by atoms with E-state index >= 15 is 0 Å². The van der Waals surface area contributed by atoms with Gasteiger partial charge >= 0.3 is 0 Å². The third-order valence-corrected chi connectivity index (χ3v) is 5.40. The Morgan fingerprint density at radius 2 is 1.65 bits per heavy atom. The molecule has 3 aromatic rings. The molecule has 3 heterocycles. The van der Waals surface area contributed by atoms with Crippen LogP contribution in [0.1, 0.15) is 25.0 Å². The van der Waals surface area contributed by atoms with Gasteiger partial charge in [0.05, 0.1) is 5.52 Å². The number of benzene rings is 2. The molecular formula is C21H19NO. The lowest BCUT2D eigenvalue weighted by Crippen LogP contribution is -2.17. The summed E-state index contributed by atoms with van der Waals surface area (Å²) in [6.07, 6.45) is 6.65. The molecule has 0 spiro atoms. The molecular weight excluding hydrogens is 282 g/mol. The first-order valence-corrected chi connectivity index (χ1v) is 8.11. The zero-order valence-electron chi connectivity index (χ0n) is 13.6. The maximum absolute atomic E-state index is 6.37. The summed E-state index contributed by atoms with van der Waals surface area (Å²) >= 11 is 0. The van der Waals surface area contributed by atoms with E-state index in [9.17, 15) is 0 Å². The number of ether oxygens (including phenoxy) is 1. The Balaban J connectivity index is 1.88. The summed E-state index contributed by atoms with van der Waals surface area (Å²) in [4.78, 5) is 0. The van der Waals surface area contributed by atoms with Crippen LogP contribution in [-0.2, 0) is 23.0 Å². The molecule has 0 aliphatic carbocycles. The minimum Gasteiger partial charge on any atom is -0.351 e. The number of nitrogens with zero attached hydrogens (tertiary/aromatic N) is 1. The Bertz CT molecular complexity index is 982. The molecule has 0 saturated carbocycles. The maximum Gasteiger partial charge on any atom is 0.113 e. The average molecular weight is 301 g/mol. The molecule has 114 valence electrons. The molecule has 2 aromatic carbocycles. The molecule has 1 aromatic heterocycles. The topological polar surface area (TPSA) is 14.2 Å². The molecule has 2 aliphatic heterocycles. The average Bonchev–Trinajstić information content (AvgIpc) is 3.13. The Labute approximate surface area is 136 Å². The quantitative estimate of drug-likeness (QED) is 0.585. The fourth-order valence-corrected chi connectivity index (χ4v) is 4.37. The third kappa shape index (κ3) is 1.52. The Kier molecular flexibility index (Phi) is 2.26. The van der Waals surface area contributed by atoms with Gasteiger partial charge in [-0.15, -0.1) is 0 Å². The first-order valence-electron chi connectivity index (χ1n) is 8.11. The zero-order chi connectivity index (χ0) is 15.8. The first kappa shape index (κ1) is 13.1. The van der Waals surface area contributed by atoms with Gasteiger partial charge in [-0.05, 0) is 37.1 Å². The molecule has 0 radical (unpaired) electrons. The number of hydrogen-bond acceptors (Lipinski definition) is 1. The molecule has 2 nitrogen and oxygen atoms in total. The summed E-state index contributed by atoms with van der Waals surface area (Å²) in [6.45, 7) is 4.34. The fourth-order valence-electron chi connectivity index (χ4n) is 4.37. The van der Waals surface area contributed by atoms with Crippen LogP contribution in [0.2, 0.25) is 0 Å². The first-order chi connectivity index (χ1) is 11.0. The Hall–Kier alpha value is -2.32. The van der Waals surface area contributed by atoms with Gasteiger partial charge in [0, 0.05) is 29.8 Å². The van der Waals surface area contributed by atoms with Gasteiger partial charge in [0.2, 0.25) is 0 Å². The van der Waals surface area contributed by atoms with Crippen LogP contribution in [0.3, 0.4) is 0 Å². The fraction of sp³-hybridized carbons (Fsp3) is 0.238. The van der Waals surface area contributed by atoms with Crippen LogP contribution < -0.4 is 0 Å². The minimum absolute atomic E-state index is 0.282. The van der Waals surface area contributed by atoms with Crippen molar-refractivity contribution in [2.24, 2.45) is 7.05 Å². The van der Waals surface area contributed by atoms with E-state index in [1.165, 1.54) is 33.2 Å². The maximum atomic E-state index is 6.37. The van der Waals surface area contributed by atoms with Crippen LogP contribution in [0.25, 0.3) is 22.0 Å². The highest BCUT2D eigenvalue weighted by atomic mass is 16.5. The molecule has 2 bridgehead atoms. The van der Waals surface area contributed by atoms with Gasteiger partial charge in [-0.1, -0.05) is 42.5 Å². The molecule has 0 fully saturated rings. The smallest absolute Gasteiger partial charge is 0.113 e. The second-order valence-electron chi connectivity index (χ2n) is 7.05. The molecule has 2 unspecified atom stereocenters. The van der Waals surface area contributed by atoms with Crippen molar-refractivity contribution in [3.05, 3.63) is 71.9 Å². The van der Waals surface area contributed by atoms with E-state index in [4.69, 9.17) is 4.74 Å². The van der Waals surface area contributed by atoms with Gasteiger partial charge in [-0.2, -0.15) is 0 Å². The predicted octanol–water partition coefficient (Wildman–Crippen LogP) is 4.88. The lowest BCUT2D eigenvalue weighted by Gasteiger charge is -2.20. The van der Waals surface area contributed by atoms with Crippen LogP contribution in [-0.4, -0.2) is 4.57 Å². The van der Waals surface area contributed by atoms with Crippen LogP contribution in [0, 0.1) is 0 Å². The summed E-state index contributed by atoms with van der Waals surface area (Å²) in [5.41, 5.74) is 5.86. The molecule has 5 rings (SSSR count). The van der Waals surface area contributed by atoms with Crippen LogP contribution in [0.4, 0.5) is 0 Å². The van der Waals surface area contributed by atoms with Crippen LogP contribution in [0.15, 0.2) is 60.8 Å². The molecule has 0 N–H and O–H groups in total.